The van der Waals surface area contributed by atoms with Crippen LogP contribution in [0, 0.1) is 6.92 Å². The molecule has 0 spiro atoms. The Kier molecular flexibility index (Phi) is 7.27. The summed E-state index contributed by atoms with van der Waals surface area (Å²) in [5, 5.41) is 3.55. The molecular formula is C20H26ClN3O2. The van der Waals surface area contributed by atoms with Crippen LogP contribution in [-0.2, 0) is 11.3 Å². The third-order valence-corrected chi connectivity index (χ3v) is 4.60. The summed E-state index contributed by atoms with van der Waals surface area (Å²) < 4.78 is 5.69. The Bertz CT molecular complexity index is 730. The minimum absolute atomic E-state index is 0.176. The first-order chi connectivity index (χ1) is 12.4. The monoisotopic (exact) mass is 375 g/mol. The molecule has 0 aliphatic rings. The van der Waals surface area contributed by atoms with Crippen molar-refractivity contribution in [3.8, 4) is 5.75 Å². The van der Waals surface area contributed by atoms with Crippen molar-refractivity contribution in [3.05, 3.63) is 52.7 Å². The van der Waals surface area contributed by atoms with E-state index in [0.29, 0.717) is 17.3 Å². The standard InChI is InChI=1S/C20H26ClN3O2/c1-5-24(6-2)19-10-7-16(12-22-19)13-23-20(25)15(4)26-17-8-9-18(21)14(3)11-17/h7-12,15H,5-6,13H2,1-4H3,(H,23,25). The van der Waals surface area contributed by atoms with E-state index in [0.717, 1.165) is 30.0 Å². The summed E-state index contributed by atoms with van der Waals surface area (Å²) in [5.74, 6) is 1.39. The second-order valence-electron chi connectivity index (χ2n) is 6.09. The highest BCUT2D eigenvalue weighted by Gasteiger charge is 2.15. The zero-order valence-electron chi connectivity index (χ0n) is 15.8. The van der Waals surface area contributed by atoms with Gasteiger partial charge in [-0.3, -0.25) is 4.79 Å². The molecule has 1 N–H and O–H groups in total. The summed E-state index contributed by atoms with van der Waals surface area (Å²) in [5.41, 5.74) is 1.86. The number of carbonyl (C=O) groups is 1. The van der Waals surface area contributed by atoms with Crippen LogP contribution in [0.25, 0.3) is 0 Å². The van der Waals surface area contributed by atoms with Gasteiger partial charge < -0.3 is 15.0 Å². The maximum Gasteiger partial charge on any atom is 0.261 e. The number of aryl methyl sites for hydroxylation is 1. The second-order valence-corrected chi connectivity index (χ2v) is 6.49. The number of rotatable bonds is 8. The fraction of sp³-hybridized carbons (Fsp3) is 0.400. The van der Waals surface area contributed by atoms with Crippen LogP contribution in [0.15, 0.2) is 36.5 Å². The Labute approximate surface area is 160 Å². The molecule has 1 unspecified atom stereocenters. The first-order valence-corrected chi connectivity index (χ1v) is 9.22. The van der Waals surface area contributed by atoms with Gasteiger partial charge in [-0.2, -0.15) is 0 Å². The van der Waals surface area contributed by atoms with E-state index in [1.807, 2.05) is 25.1 Å². The number of benzene rings is 1. The van der Waals surface area contributed by atoms with Crippen LogP contribution < -0.4 is 15.0 Å². The highest BCUT2D eigenvalue weighted by molar-refractivity contribution is 6.31. The van der Waals surface area contributed by atoms with E-state index in [2.05, 4.69) is 29.0 Å². The molecule has 26 heavy (non-hydrogen) atoms. The maximum atomic E-state index is 12.2. The zero-order valence-corrected chi connectivity index (χ0v) is 16.5. The first-order valence-electron chi connectivity index (χ1n) is 8.85. The molecule has 2 aromatic rings. The van der Waals surface area contributed by atoms with Crippen LogP contribution in [0.1, 0.15) is 31.9 Å². The fourth-order valence-corrected chi connectivity index (χ4v) is 2.65. The Morgan fingerprint density at radius 3 is 2.58 bits per heavy atom. The van der Waals surface area contributed by atoms with Crippen molar-refractivity contribution < 1.29 is 9.53 Å². The van der Waals surface area contributed by atoms with Crippen molar-refractivity contribution in [2.75, 3.05) is 18.0 Å². The number of nitrogens with zero attached hydrogens (tertiary/aromatic N) is 2. The number of carbonyl (C=O) groups excluding carboxylic acids is 1. The number of pyridine rings is 1. The van der Waals surface area contributed by atoms with Gasteiger partial charge in [-0.15, -0.1) is 0 Å². The normalized spacial score (nSPS) is 11.7. The second kappa shape index (κ2) is 9.43. The lowest BCUT2D eigenvalue weighted by molar-refractivity contribution is -0.127. The van der Waals surface area contributed by atoms with Crippen LogP contribution in [0.5, 0.6) is 5.75 Å². The molecule has 1 atom stereocenters. The Morgan fingerprint density at radius 2 is 2.00 bits per heavy atom. The third-order valence-electron chi connectivity index (χ3n) is 4.17. The van der Waals surface area contributed by atoms with Crippen LogP contribution >= 0.6 is 11.6 Å². The van der Waals surface area contributed by atoms with Crippen LogP contribution in [0.4, 0.5) is 5.82 Å². The van der Waals surface area contributed by atoms with E-state index in [-0.39, 0.29) is 5.91 Å². The van der Waals surface area contributed by atoms with E-state index in [1.54, 1.807) is 25.3 Å². The van der Waals surface area contributed by atoms with Gasteiger partial charge in [0.1, 0.15) is 11.6 Å². The minimum atomic E-state index is -0.599. The molecular weight excluding hydrogens is 350 g/mol. The van der Waals surface area contributed by atoms with E-state index in [1.165, 1.54) is 0 Å². The number of halogens is 1. The summed E-state index contributed by atoms with van der Waals surface area (Å²) in [7, 11) is 0. The van der Waals surface area contributed by atoms with Gasteiger partial charge in [-0.05, 0) is 63.1 Å². The number of hydrogen-bond donors (Lipinski definition) is 1. The fourth-order valence-electron chi connectivity index (χ4n) is 2.54. The summed E-state index contributed by atoms with van der Waals surface area (Å²) in [6, 6.07) is 9.30. The minimum Gasteiger partial charge on any atom is -0.481 e. The number of hydrogen-bond acceptors (Lipinski definition) is 4. The van der Waals surface area contributed by atoms with Gasteiger partial charge in [0.05, 0.1) is 0 Å². The van der Waals surface area contributed by atoms with Gasteiger partial charge in [0.15, 0.2) is 6.10 Å². The first kappa shape index (κ1) is 20.0. The van der Waals surface area contributed by atoms with Crippen molar-refractivity contribution in [2.45, 2.75) is 40.3 Å². The van der Waals surface area contributed by atoms with E-state index >= 15 is 0 Å². The Morgan fingerprint density at radius 1 is 1.27 bits per heavy atom. The predicted octanol–water partition coefficient (Wildman–Crippen LogP) is 3.97. The number of amides is 1. The molecule has 2 rings (SSSR count). The van der Waals surface area contributed by atoms with Crippen LogP contribution in [0.3, 0.4) is 0 Å². The average Bonchev–Trinajstić information content (AvgIpc) is 2.64. The highest BCUT2D eigenvalue weighted by atomic mass is 35.5. The largest absolute Gasteiger partial charge is 0.481 e. The van der Waals surface area contributed by atoms with Crippen molar-refractivity contribution >= 4 is 23.3 Å². The van der Waals surface area contributed by atoms with Gasteiger partial charge >= 0.3 is 0 Å². The molecule has 0 saturated heterocycles. The van der Waals surface area contributed by atoms with E-state index in [4.69, 9.17) is 16.3 Å². The molecule has 0 aliphatic heterocycles. The van der Waals surface area contributed by atoms with Crippen LogP contribution in [-0.4, -0.2) is 30.1 Å². The van der Waals surface area contributed by atoms with Gasteiger partial charge in [-0.1, -0.05) is 17.7 Å². The summed E-state index contributed by atoms with van der Waals surface area (Å²) in [4.78, 5) is 18.9. The van der Waals surface area contributed by atoms with Gasteiger partial charge in [0.25, 0.3) is 5.91 Å². The lowest BCUT2D eigenvalue weighted by Gasteiger charge is -2.19. The quantitative estimate of drug-likeness (QED) is 0.758. The van der Waals surface area contributed by atoms with Crippen LogP contribution in [0.2, 0.25) is 5.02 Å². The molecule has 0 saturated carbocycles. The zero-order chi connectivity index (χ0) is 19.1. The van der Waals surface area contributed by atoms with Gasteiger partial charge in [-0.25, -0.2) is 4.98 Å². The van der Waals surface area contributed by atoms with Crippen molar-refractivity contribution in [3.63, 3.8) is 0 Å². The molecule has 140 valence electrons. The topological polar surface area (TPSA) is 54.5 Å². The molecule has 5 nitrogen and oxygen atoms in total. The van der Waals surface area contributed by atoms with E-state index < -0.39 is 6.10 Å². The van der Waals surface area contributed by atoms with Crippen molar-refractivity contribution in [1.82, 2.24) is 10.3 Å². The lowest BCUT2D eigenvalue weighted by Crippen LogP contribution is -2.36. The molecule has 0 aliphatic carbocycles. The molecule has 1 aromatic heterocycles. The molecule has 0 fully saturated rings. The number of ether oxygens (including phenoxy) is 1. The number of nitrogens with one attached hydrogen (secondary N) is 1. The Balaban J connectivity index is 1.88. The summed E-state index contributed by atoms with van der Waals surface area (Å²) in [6.07, 6.45) is 1.20. The molecule has 1 heterocycles. The summed E-state index contributed by atoms with van der Waals surface area (Å²) in [6.45, 7) is 10.1. The highest BCUT2D eigenvalue weighted by Crippen LogP contribution is 2.21. The number of aromatic nitrogens is 1. The van der Waals surface area contributed by atoms with Gasteiger partial charge in [0, 0.05) is 30.9 Å². The lowest BCUT2D eigenvalue weighted by atomic mass is 10.2. The maximum absolute atomic E-state index is 12.2. The molecule has 1 aromatic carbocycles. The number of anilines is 1. The molecule has 0 radical (unpaired) electrons. The third kappa shape index (κ3) is 5.36. The smallest absolute Gasteiger partial charge is 0.261 e. The predicted molar refractivity (Wildman–Crippen MR) is 106 cm³/mol. The molecule has 0 bridgehead atoms. The average molecular weight is 376 g/mol. The van der Waals surface area contributed by atoms with E-state index in [9.17, 15) is 4.79 Å². The van der Waals surface area contributed by atoms with Crippen molar-refractivity contribution in [2.24, 2.45) is 0 Å². The molecule has 1 amide bonds. The Hall–Kier alpha value is -2.27. The van der Waals surface area contributed by atoms with Crippen molar-refractivity contribution in [1.29, 1.82) is 0 Å². The summed E-state index contributed by atoms with van der Waals surface area (Å²) >= 11 is 6.00. The SMILES string of the molecule is CCN(CC)c1ccc(CNC(=O)C(C)Oc2ccc(Cl)c(C)c2)cn1. The molecule has 6 heteroatoms. The van der Waals surface area contributed by atoms with Gasteiger partial charge in [0.2, 0.25) is 0 Å².